The summed E-state index contributed by atoms with van der Waals surface area (Å²) in [7, 11) is 3.78. The van der Waals surface area contributed by atoms with Crippen LogP contribution in [0.4, 0.5) is 11.8 Å². The molecule has 3 aromatic rings. The van der Waals surface area contributed by atoms with Crippen LogP contribution in [0.15, 0.2) is 48.5 Å². The van der Waals surface area contributed by atoms with E-state index >= 15 is 0 Å². The fraction of sp³-hybridized carbons (Fsp3) is 0.280. The van der Waals surface area contributed by atoms with Crippen molar-refractivity contribution in [3.8, 4) is 22.4 Å². The minimum atomic E-state index is -0.789. The Morgan fingerprint density at radius 2 is 1.56 bits per heavy atom. The number of hydrazine groups is 1. The van der Waals surface area contributed by atoms with Gasteiger partial charge in [0.1, 0.15) is 12.3 Å². The monoisotopic (exact) mass is 529 g/mol. The molecule has 1 saturated heterocycles. The quantitative estimate of drug-likeness (QED) is 0.379. The first-order valence-electron chi connectivity index (χ1n) is 11.2. The lowest BCUT2D eigenvalue weighted by atomic mass is 9.89. The number of likely N-dealkylation sites (N-methyl/N-ethyl adjacent to an activating group) is 1. The number of nitrogens with two attached hydrogens (primary N) is 1. The maximum Gasteiger partial charge on any atom is 0.241 e. The van der Waals surface area contributed by atoms with Crippen molar-refractivity contribution in [3.05, 3.63) is 58.6 Å². The third-order valence-corrected chi connectivity index (χ3v) is 6.17. The summed E-state index contributed by atoms with van der Waals surface area (Å²) in [6, 6.07) is 15.1. The van der Waals surface area contributed by atoms with E-state index in [0.717, 1.165) is 22.4 Å². The molecule has 11 heteroatoms. The molecule has 2 aromatic carbocycles. The van der Waals surface area contributed by atoms with Gasteiger partial charge in [-0.05, 0) is 36.4 Å². The summed E-state index contributed by atoms with van der Waals surface area (Å²) < 4.78 is 0. The molecule has 190 valence electrons. The summed E-state index contributed by atoms with van der Waals surface area (Å²) >= 11 is 12.3. The van der Waals surface area contributed by atoms with Crippen LogP contribution in [0.3, 0.4) is 0 Å². The van der Waals surface area contributed by atoms with Gasteiger partial charge in [-0.1, -0.05) is 54.4 Å². The number of hydrogen-bond donors (Lipinski definition) is 3. The smallest absolute Gasteiger partial charge is 0.241 e. The Balaban J connectivity index is 0.00000176. The molecule has 0 spiro atoms. The summed E-state index contributed by atoms with van der Waals surface area (Å²) in [5.41, 5.74) is 11.6. The second kappa shape index (κ2) is 11.7. The molecule has 1 fully saturated rings. The molecule has 2 heterocycles. The van der Waals surface area contributed by atoms with Gasteiger partial charge in [0.15, 0.2) is 5.82 Å². The number of aromatic nitrogens is 2. The Morgan fingerprint density at radius 3 is 2.03 bits per heavy atom. The zero-order chi connectivity index (χ0) is 26.5. The molecule has 0 aliphatic carbocycles. The summed E-state index contributed by atoms with van der Waals surface area (Å²) in [6.07, 6.45) is 0. The predicted molar refractivity (Wildman–Crippen MR) is 145 cm³/mol. The molecule has 0 saturated carbocycles. The topological polar surface area (TPSA) is 116 Å². The van der Waals surface area contributed by atoms with Gasteiger partial charge in [-0.3, -0.25) is 4.79 Å². The van der Waals surface area contributed by atoms with Gasteiger partial charge in [-0.25, -0.2) is 9.99 Å². The number of carbonyl (C=O) groups excluding carboxylic acids is 2. The molecule has 1 aliphatic rings. The van der Waals surface area contributed by atoms with Crippen LogP contribution < -0.4 is 21.4 Å². The Hall–Kier alpha value is -3.24. The maximum absolute atomic E-state index is 12.1. The summed E-state index contributed by atoms with van der Waals surface area (Å²) in [5, 5.41) is 6.31. The Bertz CT molecular complexity index is 1200. The first kappa shape index (κ1) is 27.3. The SMILES string of the molecule is C=O.CCNC1(C(N)=O)CN(c2nc(NN(C)C)c(-c3ccc(Cl)cc3)c(-c3ccc(Cl)cc3)n2)C1. The molecule has 4 N–H and O–H groups in total. The zero-order valence-corrected chi connectivity index (χ0v) is 21.9. The number of nitrogens with zero attached hydrogens (tertiary/aromatic N) is 4. The second-order valence-corrected chi connectivity index (χ2v) is 9.32. The molecule has 0 unspecified atom stereocenters. The fourth-order valence-electron chi connectivity index (χ4n) is 4.03. The first-order valence-corrected chi connectivity index (χ1v) is 11.9. The molecular formula is C25H29Cl2N7O2. The molecule has 0 atom stereocenters. The molecule has 1 amide bonds. The van der Waals surface area contributed by atoms with Crippen LogP contribution in [-0.2, 0) is 9.59 Å². The molecule has 36 heavy (non-hydrogen) atoms. The van der Waals surface area contributed by atoms with Gasteiger partial charge in [0, 0.05) is 42.8 Å². The number of nitrogens with one attached hydrogen (secondary N) is 2. The van der Waals surface area contributed by atoms with E-state index in [1.807, 2.05) is 86.2 Å². The third kappa shape index (κ3) is 5.76. The van der Waals surface area contributed by atoms with Gasteiger partial charge >= 0.3 is 0 Å². The number of benzene rings is 2. The van der Waals surface area contributed by atoms with Crippen molar-refractivity contribution in [2.75, 3.05) is 44.1 Å². The van der Waals surface area contributed by atoms with E-state index in [-0.39, 0.29) is 5.91 Å². The standard InChI is InChI=1S/C24H27Cl2N7O.CH2O/c1-4-28-24(22(27)34)13-33(14-24)23-29-20(16-7-11-18(26)12-8-16)19(21(30-23)31-32(2)3)15-5-9-17(25)10-6-15;1-2/h5-12,28H,4,13-14H2,1-3H3,(H2,27,34)(H,29,30,31);1H2. The number of halogens is 2. The van der Waals surface area contributed by atoms with E-state index < -0.39 is 5.54 Å². The van der Waals surface area contributed by atoms with Crippen molar-refractivity contribution in [3.63, 3.8) is 0 Å². The van der Waals surface area contributed by atoms with E-state index in [4.69, 9.17) is 43.7 Å². The van der Waals surface area contributed by atoms with Crippen LogP contribution in [0.1, 0.15) is 6.92 Å². The Kier molecular flexibility index (Phi) is 8.86. The molecule has 1 aromatic heterocycles. The van der Waals surface area contributed by atoms with Gasteiger partial charge in [-0.15, -0.1) is 0 Å². The highest BCUT2D eigenvalue weighted by Gasteiger charge is 2.48. The van der Waals surface area contributed by atoms with Crippen LogP contribution in [0.2, 0.25) is 10.0 Å². The van der Waals surface area contributed by atoms with E-state index in [0.29, 0.717) is 41.4 Å². The first-order chi connectivity index (χ1) is 17.2. The van der Waals surface area contributed by atoms with E-state index in [1.165, 1.54) is 0 Å². The van der Waals surface area contributed by atoms with Gasteiger partial charge in [0.25, 0.3) is 0 Å². The van der Waals surface area contributed by atoms with Crippen molar-refractivity contribution in [1.82, 2.24) is 20.3 Å². The number of amides is 1. The highest BCUT2D eigenvalue weighted by Crippen LogP contribution is 2.39. The normalized spacial score (nSPS) is 14.0. The van der Waals surface area contributed by atoms with Crippen molar-refractivity contribution in [2.24, 2.45) is 5.73 Å². The largest absolute Gasteiger partial charge is 0.368 e. The van der Waals surface area contributed by atoms with Gasteiger partial charge in [-0.2, -0.15) is 4.98 Å². The van der Waals surface area contributed by atoms with E-state index in [9.17, 15) is 4.79 Å². The van der Waals surface area contributed by atoms with E-state index in [2.05, 4.69) is 10.7 Å². The third-order valence-electron chi connectivity index (χ3n) is 5.67. The average Bonchev–Trinajstić information content (AvgIpc) is 2.82. The van der Waals surface area contributed by atoms with Gasteiger partial charge in [0.2, 0.25) is 11.9 Å². The number of primary amides is 1. The van der Waals surface area contributed by atoms with Crippen molar-refractivity contribution in [1.29, 1.82) is 0 Å². The number of carbonyl (C=O) groups is 2. The lowest BCUT2D eigenvalue weighted by molar-refractivity contribution is -0.125. The molecule has 1 aliphatic heterocycles. The van der Waals surface area contributed by atoms with Crippen LogP contribution in [0, 0.1) is 0 Å². The Labute approximate surface area is 220 Å². The molecule has 4 rings (SSSR count). The zero-order valence-electron chi connectivity index (χ0n) is 20.4. The predicted octanol–water partition coefficient (Wildman–Crippen LogP) is 3.47. The highest BCUT2D eigenvalue weighted by atomic mass is 35.5. The fourth-order valence-corrected chi connectivity index (χ4v) is 4.28. The lowest BCUT2D eigenvalue weighted by Crippen LogP contribution is -2.75. The summed E-state index contributed by atoms with van der Waals surface area (Å²) in [4.78, 5) is 31.9. The lowest BCUT2D eigenvalue weighted by Gasteiger charge is -2.48. The molecular weight excluding hydrogens is 501 g/mol. The highest BCUT2D eigenvalue weighted by molar-refractivity contribution is 6.31. The maximum atomic E-state index is 12.1. The van der Waals surface area contributed by atoms with Crippen LogP contribution in [0.25, 0.3) is 22.4 Å². The number of rotatable bonds is 8. The summed E-state index contributed by atoms with van der Waals surface area (Å²) in [5.74, 6) is 0.747. The van der Waals surface area contributed by atoms with Gasteiger partial charge in [0.05, 0.1) is 11.3 Å². The van der Waals surface area contributed by atoms with Crippen molar-refractivity contribution >= 4 is 47.7 Å². The number of anilines is 2. The van der Waals surface area contributed by atoms with Gasteiger partial charge < -0.3 is 26.2 Å². The average molecular weight is 530 g/mol. The van der Waals surface area contributed by atoms with Crippen molar-refractivity contribution in [2.45, 2.75) is 12.5 Å². The summed E-state index contributed by atoms with van der Waals surface area (Å²) in [6.45, 7) is 5.36. The van der Waals surface area contributed by atoms with Crippen LogP contribution >= 0.6 is 23.2 Å². The Morgan fingerprint density at radius 1 is 1.03 bits per heavy atom. The van der Waals surface area contributed by atoms with Crippen molar-refractivity contribution < 1.29 is 9.59 Å². The molecule has 0 radical (unpaired) electrons. The van der Waals surface area contributed by atoms with Crippen LogP contribution in [-0.4, -0.2) is 66.9 Å². The minimum Gasteiger partial charge on any atom is -0.368 e. The molecule has 0 bridgehead atoms. The number of hydrogen-bond acceptors (Lipinski definition) is 8. The molecule has 9 nitrogen and oxygen atoms in total. The van der Waals surface area contributed by atoms with E-state index in [1.54, 1.807) is 0 Å². The second-order valence-electron chi connectivity index (χ2n) is 8.45. The minimum absolute atomic E-state index is 0.382. The van der Waals surface area contributed by atoms with Crippen LogP contribution in [0.5, 0.6) is 0 Å².